The van der Waals surface area contributed by atoms with Crippen LogP contribution in [0.15, 0.2) is 48.5 Å². The van der Waals surface area contributed by atoms with Crippen LogP contribution in [0.3, 0.4) is 0 Å². The van der Waals surface area contributed by atoms with Gasteiger partial charge in [-0.15, -0.1) is 0 Å². The van der Waals surface area contributed by atoms with Crippen molar-refractivity contribution in [1.82, 2.24) is 10.2 Å². The maximum absolute atomic E-state index is 13.0. The highest BCUT2D eigenvalue weighted by Gasteiger charge is 2.28. The molecule has 0 saturated carbocycles. The third kappa shape index (κ3) is 6.27. The maximum atomic E-state index is 13.0. The van der Waals surface area contributed by atoms with Crippen LogP contribution in [0.25, 0.3) is 0 Å². The normalized spacial score (nSPS) is 11.6. The molecule has 0 aliphatic heterocycles. The summed E-state index contributed by atoms with van der Waals surface area (Å²) in [5, 5.41) is 3.36. The Morgan fingerprint density at radius 3 is 2.54 bits per heavy atom. The van der Waals surface area contributed by atoms with Crippen LogP contribution in [-0.2, 0) is 16.1 Å². The van der Waals surface area contributed by atoms with E-state index >= 15 is 0 Å². The molecule has 28 heavy (non-hydrogen) atoms. The quantitative estimate of drug-likeness (QED) is 0.690. The molecule has 0 aliphatic rings. The van der Waals surface area contributed by atoms with Crippen LogP contribution in [0.5, 0.6) is 5.75 Å². The van der Waals surface area contributed by atoms with E-state index in [1.165, 1.54) is 0 Å². The van der Waals surface area contributed by atoms with Gasteiger partial charge in [-0.3, -0.25) is 9.59 Å². The highest BCUT2D eigenvalue weighted by atomic mass is 35.5. The van der Waals surface area contributed by atoms with Gasteiger partial charge in [0.1, 0.15) is 11.8 Å². The van der Waals surface area contributed by atoms with Gasteiger partial charge in [-0.2, -0.15) is 0 Å². The van der Waals surface area contributed by atoms with Crippen LogP contribution in [-0.4, -0.2) is 35.9 Å². The average molecular weight is 403 g/mol. The molecule has 0 spiro atoms. The summed E-state index contributed by atoms with van der Waals surface area (Å²) in [6.07, 6.45) is 0.514. The van der Waals surface area contributed by atoms with Crippen molar-refractivity contribution >= 4 is 23.4 Å². The molecule has 0 aromatic heterocycles. The van der Waals surface area contributed by atoms with Crippen molar-refractivity contribution < 1.29 is 14.3 Å². The summed E-state index contributed by atoms with van der Waals surface area (Å²) >= 11 is 5.97. The number of benzene rings is 2. The smallest absolute Gasteiger partial charge is 0.261 e. The van der Waals surface area contributed by atoms with E-state index in [0.717, 1.165) is 11.1 Å². The number of carbonyl (C=O) groups excluding carboxylic acids is 2. The summed E-state index contributed by atoms with van der Waals surface area (Å²) in [6, 6.07) is 14.3. The van der Waals surface area contributed by atoms with Gasteiger partial charge >= 0.3 is 0 Å². The van der Waals surface area contributed by atoms with Crippen molar-refractivity contribution in [2.24, 2.45) is 0 Å². The van der Waals surface area contributed by atoms with E-state index < -0.39 is 6.04 Å². The number of rotatable bonds is 9. The predicted molar refractivity (Wildman–Crippen MR) is 111 cm³/mol. The lowest BCUT2D eigenvalue weighted by atomic mass is 10.1. The molecule has 1 N–H and O–H groups in total. The van der Waals surface area contributed by atoms with Crippen molar-refractivity contribution in [1.29, 1.82) is 0 Å². The van der Waals surface area contributed by atoms with Gasteiger partial charge in [0.15, 0.2) is 6.61 Å². The van der Waals surface area contributed by atoms with Gasteiger partial charge < -0.3 is 15.0 Å². The lowest BCUT2D eigenvalue weighted by Crippen LogP contribution is -2.50. The molecule has 2 amide bonds. The first-order valence-electron chi connectivity index (χ1n) is 9.45. The first-order valence-corrected chi connectivity index (χ1v) is 9.83. The van der Waals surface area contributed by atoms with Crippen LogP contribution >= 0.6 is 11.6 Å². The van der Waals surface area contributed by atoms with Crippen molar-refractivity contribution in [3.63, 3.8) is 0 Å². The van der Waals surface area contributed by atoms with Gasteiger partial charge in [0.25, 0.3) is 5.91 Å². The van der Waals surface area contributed by atoms with Crippen molar-refractivity contribution in [2.45, 2.75) is 39.8 Å². The highest BCUT2D eigenvalue weighted by Crippen LogP contribution is 2.18. The molecule has 150 valence electrons. The van der Waals surface area contributed by atoms with E-state index in [1.54, 1.807) is 29.2 Å². The van der Waals surface area contributed by atoms with Crippen molar-refractivity contribution in [2.75, 3.05) is 13.2 Å². The lowest BCUT2D eigenvalue weighted by molar-refractivity contribution is -0.142. The van der Waals surface area contributed by atoms with E-state index in [0.29, 0.717) is 30.3 Å². The number of amides is 2. The van der Waals surface area contributed by atoms with E-state index in [-0.39, 0.29) is 18.4 Å². The zero-order valence-electron chi connectivity index (χ0n) is 16.6. The lowest BCUT2D eigenvalue weighted by Gasteiger charge is -2.30. The van der Waals surface area contributed by atoms with Gasteiger partial charge in [0.05, 0.1) is 0 Å². The van der Waals surface area contributed by atoms with E-state index in [9.17, 15) is 9.59 Å². The molecule has 6 heteroatoms. The number of likely N-dealkylation sites (N-methyl/N-ethyl adjacent to an activating group) is 1. The van der Waals surface area contributed by atoms with Gasteiger partial charge in [-0.05, 0) is 44.0 Å². The molecule has 2 aromatic rings. The van der Waals surface area contributed by atoms with Crippen molar-refractivity contribution in [3.8, 4) is 5.75 Å². The average Bonchev–Trinajstić information content (AvgIpc) is 2.66. The molecule has 0 saturated heterocycles. The minimum Gasteiger partial charge on any atom is -0.484 e. The zero-order chi connectivity index (χ0) is 20.5. The standard InChI is InChI=1S/C22H27ClN2O3/c1-4-20(22(27)24-5-2)25(14-17-9-6-8-16(3)12-17)21(26)15-28-19-11-7-10-18(23)13-19/h6-13,20H,4-5,14-15H2,1-3H3,(H,24,27)/t20-/m1/s1. The van der Waals surface area contributed by atoms with Gasteiger partial charge in [-0.1, -0.05) is 54.4 Å². The third-order valence-corrected chi connectivity index (χ3v) is 4.57. The molecular formula is C22H27ClN2O3. The Morgan fingerprint density at radius 2 is 1.89 bits per heavy atom. The molecule has 5 nitrogen and oxygen atoms in total. The number of aryl methyl sites for hydroxylation is 1. The molecule has 2 aromatic carbocycles. The van der Waals surface area contributed by atoms with Crippen LogP contribution in [0.1, 0.15) is 31.4 Å². The Kier molecular flexibility index (Phi) is 8.33. The largest absolute Gasteiger partial charge is 0.484 e. The minimum absolute atomic E-state index is 0.159. The van der Waals surface area contributed by atoms with Crippen molar-refractivity contribution in [3.05, 3.63) is 64.7 Å². The van der Waals surface area contributed by atoms with E-state index in [2.05, 4.69) is 5.32 Å². The molecule has 0 unspecified atom stereocenters. The second-order valence-corrected chi connectivity index (χ2v) is 7.01. The number of hydrogen-bond acceptors (Lipinski definition) is 3. The van der Waals surface area contributed by atoms with Crippen LogP contribution in [0, 0.1) is 6.92 Å². The van der Waals surface area contributed by atoms with Crippen LogP contribution < -0.4 is 10.1 Å². The Morgan fingerprint density at radius 1 is 1.14 bits per heavy atom. The van der Waals surface area contributed by atoms with Crippen LogP contribution in [0.2, 0.25) is 5.02 Å². The summed E-state index contributed by atoms with van der Waals surface area (Å²) < 4.78 is 5.62. The molecule has 0 aliphatic carbocycles. The number of nitrogens with zero attached hydrogens (tertiary/aromatic N) is 1. The zero-order valence-corrected chi connectivity index (χ0v) is 17.3. The molecule has 1 atom stereocenters. The summed E-state index contributed by atoms with van der Waals surface area (Å²) in [7, 11) is 0. The summed E-state index contributed by atoms with van der Waals surface area (Å²) in [4.78, 5) is 27.1. The fraction of sp³-hybridized carbons (Fsp3) is 0.364. The minimum atomic E-state index is -0.559. The number of carbonyl (C=O) groups is 2. The first kappa shape index (κ1) is 21.8. The fourth-order valence-electron chi connectivity index (χ4n) is 3.00. The topological polar surface area (TPSA) is 58.6 Å². The first-order chi connectivity index (χ1) is 13.4. The number of nitrogens with one attached hydrogen (secondary N) is 1. The van der Waals surface area contributed by atoms with Crippen LogP contribution in [0.4, 0.5) is 0 Å². The second kappa shape index (κ2) is 10.7. The van der Waals surface area contributed by atoms with E-state index in [1.807, 2.05) is 45.0 Å². The third-order valence-electron chi connectivity index (χ3n) is 4.33. The molecule has 2 rings (SSSR count). The molecular weight excluding hydrogens is 376 g/mol. The maximum Gasteiger partial charge on any atom is 0.261 e. The highest BCUT2D eigenvalue weighted by molar-refractivity contribution is 6.30. The Balaban J connectivity index is 2.19. The second-order valence-electron chi connectivity index (χ2n) is 6.58. The fourth-order valence-corrected chi connectivity index (χ4v) is 3.18. The number of halogens is 1. The molecule has 0 heterocycles. The predicted octanol–water partition coefficient (Wildman–Crippen LogP) is 3.97. The summed E-state index contributed by atoms with van der Waals surface area (Å²) in [5.41, 5.74) is 2.07. The summed E-state index contributed by atoms with van der Waals surface area (Å²) in [6.45, 7) is 6.45. The van der Waals surface area contributed by atoms with E-state index in [4.69, 9.17) is 16.3 Å². The summed E-state index contributed by atoms with van der Waals surface area (Å²) in [5.74, 6) is 0.107. The molecule has 0 fully saturated rings. The van der Waals surface area contributed by atoms with Gasteiger partial charge in [-0.25, -0.2) is 0 Å². The van der Waals surface area contributed by atoms with Gasteiger partial charge in [0.2, 0.25) is 5.91 Å². The molecule has 0 bridgehead atoms. The SMILES string of the molecule is CCNC(=O)[C@@H](CC)N(Cc1cccc(C)c1)C(=O)COc1cccc(Cl)c1. The van der Waals surface area contributed by atoms with Gasteiger partial charge in [0, 0.05) is 18.1 Å². The molecule has 0 radical (unpaired) electrons. The Bertz CT molecular complexity index is 810. The number of hydrogen-bond donors (Lipinski definition) is 1. The Labute approximate surface area is 171 Å². The monoisotopic (exact) mass is 402 g/mol. The number of ether oxygens (including phenoxy) is 1. The Hall–Kier alpha value is -2.53.